The minimum atomic E-state index is -0.464. The molecular formula is C22H45NO3. The van der Waals surface area contributed by atoms with Crippen LogP contribution < -0.4 is 0 Å². The van der Waals surface area contributed by atoms with Gasteiger partial charge in [-0.1, -0.05) is 103 Å². The second-order valence-electron chi connectivity index (χ2n) is 7.72. The second kappa shape index (κ2) is 20.7. The number of rotatable bonds is 21. The highest BCUT2D eigenvalue weighted by Crippen LogP contribution is 2.14. The van der Waals surface area contributed by atoms with Gasteiger partial charge in [0, 0.05) is 13.1 Å². The van der Waals surface area contributed by atoms with Crippen LogP contribution in [0.1, 0.15) is 110 Å². The van der Waals surface area contributed by atoms with Crippen LogP contribution in [0.3, 0.4) is 0 Å². The molecule has 4 heteroatoms. The van der Waals surface area contributed by atoms with Crippen LogP contribution in [0.5, 0.6) is 0 Å². The Labute approximate surface area is 162 Å². The summed E-state index contributed by atoms with van der Waals surface area (Å²) in [7, 11) is 0. The summed E-state index contributed by atoms with van der Waals surface area (Å²) >= 11 is 0. The zero-order valence-corrected chi connectivity index (χ0v) is 17.3. The molecule has 0 aliphatic rings. The smallest absolute Gasteiger partial charge is 0.209 e. The average molecular weight is 372 g/mol. The van der Waals surface area contributed by atoms with Crippen molar-refractivity contribution in [3.63, 3.8) is 0 Å². The lowest BCUT2D eigenvalue weighted by Crippen LogP contribution is -2.33. The Morgan fingerprint density at radius 1 is 0.769 bits per heavy atom. The van der Waals surface area contributed by atoms with Gasteiger partial charge in [0.2, 0.25) is 6.41 Å². The zero-order chi connectivity index (χ0) is 19.3. The number of aliphatic hydroxyl groups excluding tert-OH is 2. The van der Waals surface area contributed by atoms with E-state index in [4.69, 9.17) is 5.11 Å². The molecule has 4 nitrogen and oxygen atoms in total. The van der Waals surface area contributed by atoms with Crippen molar-refractivity contribution in [1.82, 2.24) is 4.90 Å². The third-order valence-corrected chi connectivity index (χ3v) is 5.12. The molecule has 0 aromatic rings. The molecule has 26 heavy (non-hydrogen) atoms. The molecule has 0 aromatic heterocycles. The van der Waals surface area contributed by atoms with Gasteiger partial charge in [0.25, 0.3) is 0 Å². The maximum atomic E-state index is 10.7. The number of hydrogen-bond donors (Lipinski definition) is 2. The Morgan fingerprint density at radius 2 is 1.19 bits per heavy atom. The molecule has 2 N–H and O–H groups in total. The van der Waals surface area contributed by atoms with Gasteiger partial charge in [-0.05, 0) is 6.42 Å². The second-order valence-corrected chi connectivity index (χ2v) is 7.72. The topological polar surface area (TPSA) is 60.8 Å². The van der Waals surface area contributed by atoms with Crippen LogP contribution in [-0.4, -0.2) is 47.3 Å². The maximum Gasteiger partial charge on any atom is 0.209 e. The van der Waals surface area contributed by atoms with Gasteiger partial charge < -0.3 is 15.1 Å². The Balaban J connectivity index is 3.22. The summed E-state index contributed by atoms with van der Waals surface area (Å²) in [6, 6.07) is 0. The van der Waals surface area contributed by atoms with Crippen LogP contribution in [0.4, 0.5) is 0 Å². The molecule has 0 saturated carbocycles. The van der Waals surface area contributed by atoms with Gasteiger partial charge in [-0.3, -0.25) is 4.79 Å². The predicted octanol–water partition coefficient (Wildman–Crippen LogP) is 5.06. The van der Waals surface area contributed by atoms with E-state index in [0.29, 0.717) is 19.5 Å². The van der Waals surface area contributed by atoms with Crippen LogP contribution in [-0.2, 0) is 4.79 Å². The molecule has 1 atom stereocenters. The molecule has 0 bridgehead atoms. The lowest BCUT2D eigenvalue weighted by atomic mass is 10.0. The quantitative estimate of drug-likeness (QED) is 0.219. The molecule has 0 aliphatic heterocycles. The van der Waals surface area contributed by atoms with E-state index in [0.717, 1.165) is 19.3 Å². The van der Waals surface area contributed by atoms with E-state index in [1.54, 1.807) is 0 Å². The number of hydrogen-bond acceptors (Lipinski definition) is 3. The summed E-state index contributed by atoms with van der Waals surface area (Å²) in [6.45, 7) is 2.86. The SMILES string of the molecule is CCCCCCCCCCCCCCCCCC(O)CN(C=O)CCO. The van der Waals surface area contributed by atoms with Crippen molar-refractivity contribution in [1.29, 1.82) is 0 Å². The van der Waals surface area contributed by atoms with Gasteiger partial charge in [-0.15, -0.1) is 0 Å². The van der Waals surface area contributed by atoms with Crippen LogP contribution >= 0.6 is 0 Å². The minimum absolute atomic E-state index is 0.0512. The first-order chi connectivity index (χ1) is 12.7. The molecule has 0 radical (unpaired) electrons. The molecule has 1 amide bonds. The van der Waals surface area contributed by atoms with Crippen molar-refractivity contribution in [2.45, 2.75) is 116 Å². The Bertz CT molecular complexity index is 287. The largest absolute Gasteiger partial charge is 0.395 e. The lowest BCUT2D eigenvalue weighted by molar-refractivity contribution is -0.120. The molecule has 0 spiro atoms. The van der Waals surface area contributed by atoms with E-state index in [9.17, 15) is 9.90 Å². The van der Waals surface area contributed by atoms with E-state index in [2.05, 4.69) is 6.92 Å². The summed E-state index contributed by atoms with van der Waals surface area (Å²) in [5.74, 6) is 0. The third-order valence-electron chi connectivity index (χ3n) is 5.12. The summed E-state index contributed by atoms with van der Waals surface area (Å²) in [5.41, 5.74) is 0. The molecule has 1 unspecified atom stereocenters. The Morgan fingerprint density at radius 3 is 1.58 bits per heavy atom. The van der Waals surface area contributed by atoms with Crippen LogP contribution in [0.15, 0.2) is 0 Å². The monoisotopic (exact) mass is 371 g/mol. The van der Waals surface area contributed by atoms with Crippen molar-refractivity contribution in [2.24, 2.45) is 0 Å². The van der Waals surface area contributed by atoms with E-state index < -0.39 is 6.10 Å². The highest BCUT2D eigenvalue weighted by atomic mass is 16.3. The van der Waals surface area contributed by atoms with Crippen LogP contribution in [0.25, 0.3) is 0 Å². The predicted molar refractivity (Wildman–Crippen MR) is 110 cm³/mol. The maximum absolute atomic E-state index is 10.7. The number of unbranched alkanes of at least 4 members (excludes halogenated alkanes) is 14. The molecule has 156 valence electrons. The normalized spacial score (nSPS) is 12.3. The highest BCUT2D eigenvalue weighted by Gasteiger charge is 2.09. The molecule has 0 aromatic carbocycles. The van der Waals surface area contributed by atoms with Crippen molar-refractivity contribution >= 4 is 6.41 Å². The Kier molecular flexibility index (Phi) is 20.2. The lowest BCUT2D eigenvalue weighted by Gasteiger charge is -2.19. The van der Waals surface area contributed by atoms with Gasteiger partial charge in [-0.2, -0.15) is 0 Å². The molecule has 0 rings (SSSR count). The van der Waals surface area contributed by atoms with Crippen LogP contribution in [0.2, 0.25) is 0 Å². The van der Waals surface area contributed by atoms with Crippen molar-refractivity contribution < 1.29 is 15.0 Å². The summed E-state index contributed by atoms with van der Waals surface area (Å²) in [6.07, 6.45) is 21.1. The van der Waals surface area contributed by atoms with E-state index in [-0.39, 0.29) is 6.61 Å². The van der Waals surface area contributed by atoms with Gasteiger partial charge >= 0.3 is 0 Å². The number of carbonyl (C=O) groups is 1. The number of carbonyl (C=O) groups excluding carboxylic acids is 1. The van der Waals surface area contributed by atoms with E-state index in [1.807, 2.05) is 0 Å². The van der Waals surface area contributed by atoms with E-state index >= 15 is 0 Å². The first kappa shape index (κ1) is 25.4. The first-order valence-corrected chi connectivity index (χ1v) is 11.2. The van der Waals surface area contributed by atoms with Gasteiger partial charge in [-0.25, -0.2) is 0 Å². The number of nitrogens with zero attached hydrogens (tertiary/aromatic N) is 1. The highest BCUT2D eigenvalue weighted by molar-refractivity contribution is 5.46. The fraction of sp³-hybridized carbons (Fsp3) is 0.955. The van der Waals surface area contributed by atoms with Crippen molar-refractivity contribution in [3.05, 3.63) is 0 Å². The molecular weight excluding hydrogens is 326 g/mol. The average Bonchev–Trinajstić information content (AvgIpc) is 2.64. The molecule has 0 saturated heterocycles. The summed E-state index contributed by atoms with van der Waals surface area (Å²) < 4.78 is 0. The summed E-state index contributed by atoms with van der Waals surface area (Å²) in [4.78, 5) is 12.2. The van der Waals surface area contributed by atoms with Crippen LogP contribution in [0, 0.1) is 0 Å². The Hall–Kier alpha value is -0.610. The molecule has 0 fully saturated rings. The molecule has 0 heterocycles. The number of amides is 1. The molecule has 0 aliphatic carbocycles. The van der Waals surface area contributed by atoms with Gasteiger partial charge in [0.05, 0.1) is 12.7 Å². The third kappa shape index (κ3) is 18.2. The zero-order valence-electron chi connectivity index (χ0n) is 17.3. The summed E-state index contributed by atoms with van der Waals surface area (Å²) in [5, 5.41) is 18.7. The van der Waals surface area contributed by atoms with Crippen molar-refractivity contribution in [2.75, 3.05) is 19.7 Å². The first-order valence-electron chi connectivity index (χ1n) is 11.2. The standard InChI is InChI=1S/C22H45NO3/c1-2-3-4-5-6-7-8-9-10-11-12-13-14-15-16-17-22(26)20-23(21-25)18-19-24/h21-22,24,26H,2-20H2,1H3. The van der Waals surface area contributed by atoms with Gasteiger partial charge in [0.15, 0.2) is 0 Å². The number of aliphatic hydroxyl groups is 2. The van der Waals surface area contributed by atoms with Gasteiger partial charge in [0.1, 0.15) is 0 Å². The fourth-order valence-electron chi connectivity index (χ4n) is 3.43. The van der Waals surface area contributed by atoms with Crippen molar-refractivity contribution in [3.8, 4) is 0 Å². The minimum Gasteiger partial charge on any atom is -0.395 e. The fourth-order valence-corrected chi connectivity index (χ4v) is 3.43. The van der Waals surface area contributed by atoms with E-state index in [1.165, 1.54) is 88.4 Å².